The monoisotopic (exact) mass is 270 g/mol. The van der Waals surface area contributed by atoms with Crippen LogP contribution in [0.2, 0.25) is 5.02 Å². The third-order valence-electron chi connectivity index (χ3n) is 2.21. The lowest BCUT2D eigenvalue weighted by molar-refractivity contribution is -0.135. The lowest BCUT2D eigenvalue weighted by Gasteiger charge is -2.26. The maximum absolute atomic E-state index is 11.9. The van der Waals surface area contributed by atoms with E-state index >= 15 is 0 Å². The highest BCUT2D eigenvalue weighted by atomic mass is 35.5. The molecule has 0 unspecified atom stereocenters. The summed E-state index contributed by atoms with van der Waals surface area (Å²) in [5.41, 5.74) is 4.50. The van der Waals surface area contributed by atoms with Gasteiger partial charge in [-0.2, -0.15) is 0 Å². The standard InChI is InChI=1S/C13H19ClN2O2/c1-9(2)15-16-12(17)13(3,4)18-11-7-5-10(14)6-8-11/h5-9,15H,1-4H3,(H,16,17). The van der Waals surface area contributed by atoms with Crippen molar-refractivity contribution in [2.24, 2.45) is 0 Å². The van der Waals surface area contributed by atoms with Crippen LogP contribution in [0, 0.1) is 0 Å². The Morgan fingerprint density at radius 2 is 1.83 bits per heavy atom. The van der Waals surface area contributed by atoms with Gasteiger partial charge >= 0.3 is 0 Å². The topological polar surface area (TPSA) is 50.4 Å². The minimum atomic E-state index is -0.963. The Balaban J connectivity index is 2.63. The van der Waals surface area contributed by atoms with E-state index in [0.717, 1.165) is 0 Å². The Hall–Kier alpha value is -1.26. The van der Waals surface area contributed by atoms with Gasteiger partial charge in [-0.1, -0.05) is 11.6 Å². The van der Waals surface area contributed by atoms with Crippen LogP contribution < -0.4 is 15.6 Å². The number of ether oxygens (including phenoxy) is 1. The van der Waals surface area contributed by atoms with Crippen LogP contribution in [-0.2, 0) is 4.79 Å². The van der Waals surface area contributed by atoms with Gasteiger partial charge < -0.3 is 4.74 Å². The molecule has 0 spiro atoms. The van der Waals surface area contributed by atoms with E-state index in [1.54, 1.807) is 38.1 Å². The fraction of sp³-hybridized carbons (Fsp3) is 0.462. The lowest BCUT2D eigenvalue weighted by atomic mass is 10.1. The van der Waals surface area contributed by atoms with E-state index in [1.807, 2.05) is 13.8 Å². The van der Waals surface area contributed by atoms with E-state index in [0.29, 0.717) is 10.8 Å². The molecule has 0 heterocycles. The van der Waals surface area contributed by atoms with Crippen LogP contribution in [0.15, 0.2) is 24.3 Å². The Labute approximate surface area is 113 Å². The second-order valence-electron chi connectivity index (χ2n) is 4.82. The molecule has 0 saturated heterocycles. The average molecular weight is 271 g/mol. The maximum Gasteiger partial charge on any atom is 0.277 e. The Morgan fingerprint density at radius 3 is 2.33 bits per heavy atom. The molecule has 1 rings (SSSR count). The summed E-state index contributed by atoms with van der Waals surface area (Å²) in [6.07, 6.45) is 0. The number of halogens is 1. The Bertz CT molecular complexity index is 402. The highest BCUT2D eigenvalue weighted by Crippen LogP contribution is 2.20. The van der Waals surface area contributed by atoms with Gasteiger partial charge in [0.1, 0.15) is 5.75 Å². The summed E-state index contributed by atoms with van der Waals surface area (Å²) in [5.74, 6) is 0.371. The maximum atomic E-state index is 11.9. The summed E-state index contributed by atoms with van der Waals surface area (Å²) in [6, 6.07) is 7.06. The number of benzene rings is 1. The summed E-state index contributed by atoms with van der Waals surface area (Å²) >= 11 is 5.79. The molecule has 0 saturated carbocycles. The minimum absolute atomic E-state index is 0.167. The van der Waals surface area contributed by atoms with Crippen molar-refractivity contribution in [1.82, 2.24) is 10.9 Å². The van der Waals surface area contributed by atoms with Gasteiger partial charge in [-0.3, -0.25) is 10.2 Å². The molecule has 0 aliphatic heterocycles. The smallest absolute Gasteiger partial charge is 0.277 e. The number of nitrogens with one attached hydrogen (secondary N) is 2. The van der Waals surface area contributed by atoms with Crippen LogP contribution in [0.5, 0.6) is 5.75 Å². The van der Waals surface area contributed by atoms with Crippen LogP contribution in [0.25, 0.3) is 0 Å². The highest BCUT2D eigenvalue weighted by molar-refractivity contribution is 6.30. The predicted molar refractivity (Wildman–Crippen MR) is 72.6 cm³/mol. The van der Waals surface area contributed by atoms with E-state index in [2.05, 4.69) is 10.9 Å². The third-order valence-corrected chi connectivity index (χ3v) is 2.46. The third kappa shape index (κ3) is 4.55. The Kier molecular flexibility index (Phi) is 4.99. The van der Waals surface area contributed by atoms with Gasteiger partial charge in [0.2, 0.25) is 0 Å². The van der Waals surface area contributed by atoms with Gasteiger partial charge in [0.05, 0.1) is 0 Å². The summed E-state index contributed by atoms with van der Waals surface area (Å²) < 4.78 is 5.64. The lowest BCUT2D eigenvalue weighted by Crippen LogP contribution is -2.53. The fourth-order valence-corrected chi connectivity index (χ4v) is 1.33. The van der Waals surface area contributed by atoms with Crippen molar-refractivity contribution >= 4 is 17.5 Å². The summed E-state index contributed by atoms with van der Waals surface area (Å²) in [7, 11) is 0. The summed E-state index contributed by atoms with van der Waals surface area (Å²) in [4.78, 5) is 11.9. The second kappa shape index (κ2) is 6.07. The molecule has 0 aliphatic rings. The van der Waals surface area contributed by atoms with Crippen LogP contribution in [0.3, 0.4) is 0 Å². The molecule has 2 N–H and O–H groups in total. The molecule has 1 aromatic rings. The molecule has 1 amide bonds. The number of hydrazine groups is 1. The number of rotatable bonds is 5. The zero-order valence-electron chi connectivity index (χ0n) is 11.1. The zero-order valence-corrected chi connectivity index (χ0v) is 11.8. The van der Waals surface area contributed by atoms with E-state index in [1.165, 1.54) is 0 Å². The summed E-state index contributed by atoms with van der Waals surface area (Å²) in [5, 5.41) is 0.631. The van der Waals surface area contributed by atoms with Gasteiger partial charge in [-0.25, -0.2) is 5.43 Å². The minimum Gasteiger partial charge on any atom is -0.478 e. The SMILES string of the molecule is CC(C)NNC(=O)C(C)(C)Oc1ccc(Cl)cc1. The molecule has 100 valence electrons. The largest absolute Gasteiger partial charge is 0.478 e. The number of amides is 1. The van der Waals surface area contributed by atoms with E-state index in [4.69, 9.17) is 16.3 Å². The van der Waals surface area contributed by atoms with Crippen molar-refractivity contribution in [3.05, 3.63) is 29.3 Å². The number of hydrogen-bond acceptors (Lipinski definition) is 3. The molecule has 0 atom stereocenters. The number of carbonyl (C=O) groups excluding carboxylic acids is 1. The van der Waals surface area contributed by atoms with Crippen molar-refractivity contribution in [3.63, 3.8) is 0 Å². The van der Waals surface area contributed by atoms with Gasteiger partial charge in [0.15, 0.2) is 5.60 Å². The van der Waals surface area contributed by atoms with Gasteiger partial charge in [-0.15, -0.1) is 0 Å². The molecule has 0 bridgehead atoms. The first kappa shape index (κ1) is 14.8. The van der Waals surface area contributed by atoms with Crippen LogP contribution in [0.1, 0.15) is 27.7 Å². The van der Waals surface area contributed by atoms with Crippen molar-refractivity contribution in [2.75, 3.05) is 0 Å². The van der Waals surface area contributed by atoms with Crippen LogP contribution in [0.4, 0.5) is 0 Å². The van der Waals surface area contributed by atoms with Crippen molar-refractivity contribution in [2.45, 2.75) is 39.3 Å². The molecule has 5 heteroatoms. The van der Waals surface area contributed by atoms with E-state index < -0.39 is 5.60 Å². The zero-order chi connectivity index (χ0) is 13.8. The first-order valence-electron chi connectivity index (χ1n) is 5.82. The fourth-order valence-electron chi connectivity index (χ4n) is 1.20. The normalized spacial score (nSPS) is 11.4. The van der Waals surface area contributed by atoms with Crippen LogP contribution >= 0.6 is 11.6 Å². The van der Waals surface area contributed by atoms with E-state index in [-0.39, 0.29) is 11.9 Å². The molecular weight excluding hydrogens is 252 g/mol. The molecule has 18 heavy (non-hydrogen) atoms. The number of carbonyl (C=O) groups is 1. The number of hydrogen-bond donors (Lipinski definition) is 2. The molecule has 4 nitrogen and oxygen atoms in total. The highest BCUT2D eigenvalue weighted by Gasteiger charge is 2.29. The quantitative estimate of drug-likeness (QED) is 0.809. The van der Waals surface area contributed by atoms with Crippen LogP contribution in [-0.4, -0.2) is 17.6 Å². The van der Waals surface area contributed by atoms with Gasteiger partial charge in [-0.05, 0) is 52.0 Å². The predicted octanol–water partition coefficient (Wildman–Crippen LogP) is 2.53. The van der Waals surface area contributed by atoms with Gasteiger partial charge in [0.25, 0.3) is 5.91 Å². The second-order valence-corrected chi connectivity index (χ2v) is 5.26. The van der Waals surface area contributed by atoms with Crippen molar-refractivity contribution in [3.8, 4) is 5.75 Å². The van der Waals surface area contributed by atoms with Crippen molar-refractivity contribution < 1.29 is 9.53 Å². The first-order chi connectivity index (χ1) is 8.31. The first-order valence-corrected chi connectivity index (χ1v) is 6.19. The molecule has 0 aliphatic carbocycles. The Morgan fingerprint density at radius 1 is 1.28 bits per heavy atom. The molecule has 0 radical (unpaired) electrons. The van der Waals surface area contributed by atoms with Gasteiger partial charge in [0, 0.05) is 11.1 Å². The van der Waals surface area contributed by atoms with E-state index in [9.17, 15) is 4.79 Å². The summed E-state index contributed by atoms with van der Waals surface area (Å²) in [6.45, 7) is 7.29. The average Bonchev–Trinajstić information content (AvgIpc) is 2.28. The molecule has 1 aromatic carbocycles. The molecular formula is C13H19ClN2O2. The van der Waals surface area contributed by atoms with Crippen molar-refractivity contribution in [1.29, 1.82) is 0 Å². The molecule has 0 aromatic heterocycles. The molecule has 0 fully saturated rings.